The second-order valence-corrected chi connectivity index (χ2v) is 8.61. The maximum atomic E-state index is 13.1. The fourth-order valence-corrected chi connectivity index (χ4v) is 4.48. The van der Waals surface area contributed by atoms with E-state index in [9.17, 15) is 4.79 Å². The van der Waals surface area contributed by atoms with E-state index in [-0.39, 0.29) is 5.91 Å². The van der Waals surface area contributed by atoms with Gasteiger partial charge in [-0.05, 0) is 54.4 Å². The second-order valence-electron chi connectivity index (χ2n) is 8.61. The van der Waals surface area contributed by atoms with E-state index in [2.05, 4.69) is 4.90 Å². The first-order valence-corrected chi connectivity index (χ1v) is 11.8. The molecule has 0 aromatic heterocycles. The van der Waals surface area contributed by atoms with Crippen molar-refractivity contribution in [3.8, 4) is 23.0 Å². The van der Waals surface area contributed by atoms with Gasteiger partial charge in [0, 0.05) is 26.2 Å². The van der Waals surface area contributed by atoms with Gasteiger partial charge >= 0.3 is 0 Å². The van der Waals surface area contributed by atoms with Gasteiger partial charge in [-0.15, -0.1) is 0 Å². The Morgan fingerprint density at radius 3 is 2.46 bits per heavy atom. The first-order valence-electron chi connectivity index (χ1n) is 11.8. The van der Waals surface area contributed by atoms with Crippen LogP contribution in [0.25, 0.3) is 0 Å². The molecule has 2 aliphatic rings. The number of rotatable bonds is 4. The maximum absolute atomic E-state index is 13.1. The topological polar surface area (TPSA) is 63.6 Å². The number of carbonyl (C=O) groups is 1. The SMILES string of the molecule is COc1ccc(CC(=O)N2CCCN(C3=Nc4ccccc4Oc4ccc(OC)cc43)CC2)cc1. The molecule has 7 nitrogen and oxygen atoms in total. The summed E-state index contributed by atoms with van der Waals surface area (Å²) in [6.45, 7) is 2.84. The molecule has 0 N–H and O–H groups in total. The number of amidine groups is 1. The minimum Gasteiger partial charge on any atom is -0.497 e. The molecule has 1 fully saturated rings. The fraction of sp³-hybridized carbons (Fsp3) is 0.286. The van der Waals surface area contributed by atoms with E-state index in [1.807, 2.05) is 71.6 Å². The maximum Gasteiger partial charge on any atom is 0.227 e. The van der Waals surface area contributed by atoms with Gasteiger partial charge in [-0.25, -0.2) is 4.99 Å². The number of aliphatic imine (C=N–C) groups is 1. The first kappa shape index (κ1) is 22.8. The highest BCUT2D eigenvalue weighted by molar-refractivity contribution is 6.04. The molecule has 180 valence electrons. The highest BCUT2D eigenvalue weighted by atomic mass is 16.5. The van der Waals surface area contributed by atoms with Crippen LogP contribution in [0.2, 0.25) is 0 Å². The summed E-state index contributed by atoms with van der Waals surface area (Å²) in [6, 6.07) is 21.3. The number of benzene rings is 3. The van der Waals surface area contributed by atoms with E-state index in [4.69, 9.17) is 19.2 Å². The molecular weight excluding hydrogens is 442 g/mol. The average molecular weight is 472 g/mol. The highest BCUT2D eigenvalue weighted by Gasteiger charge is 2.26. The van der Waals surface area contributed by atoms with Crippen LogP contribution in [0.15, 0.2) is 71.7 Å². The molecule has 7 heteroatoms. The molecule has 35 heavy (non-hydrogen) atoms. The minimum absolute atomic E-state index is 0.135. The number of amides is 1. The third kappa shape index (κ3) is 4.94. The van der Waals surface area contributed by atoms with Gasteiger partial charge in [-0.3, -0.25) is 4.79 Å². The van der Waals surface area contributed by atoms with Crippen molar-refractivity contribution in [2.45, 2.75) is 12.8 Å². The van der Waals surface area contributed by atoms with Gasteiger partial charge in [-0.2, -0.15) is 0 Å². The first-order chi connectivity index (χ1) is 17.1. The quantitative estimate of drug-likeness (QED) is 0.554. The van der Waals surface area contributed by atoms with Crippen molar-refractivity contribution < 1.29 is 19.0 Å². The van der Waals surface area contributed by atoms with Crippen molar-refractivity contribution in [2.75, 3.05) is 40.4 Å². The van der Waals surface area contributed by atoms with E-state index in [0.29, 0.717) is 19.5 Å². The summed E-state index contributed by atoms with van der Waals surface area (Å²) in [4.78, 5) is 22.3. The average Bonchev–Trinajstić information content (AvgIpc) is 3.23. The van der Waals surface area contributed by atoms with Crippen molar-refractivity contribution in [1.29, 1.82) is 0 Å². The van der Waals surface area contributed by atoms with Gasteiger partial charge in [0.1, 0.15) is 28.8 Å². The fourth-order valence-electron chi connectivity index (χ4n) is 4.48. The molecule has 2 aliphatic heterocycles. The molecule has 3 aromatic rings. The standard InChI is InChI=1S/C28H29N3O4/c1-33-21-10-8-20(9-11-21)18-27(32)30-14-5-15-31(17-16-30)28-23-19-22(34-2)12-13-25(23)35-26-7-4-3-6-24(26)29-28/h3-4,6-13,19H,5,14-18H2,1-2H3. The van der Waals surface area contributed by atoms with E-state index in [1.54, 1.807) is 14.2 Å². The van der Waals surface area contributed by atoms with Crippen molar-refractivity contribution >= 4 is 17.4 Å². The predicted octanol–water partition coefficient (Wildman–Crippen LogP) is 4.66. The zero-order valence-electron chi connectivity index (χ0n) is 20.1. The molecule has 2 heterocycles. The number of fused-ring (bicyclic) bond motifs is 2. The molecule has 0 spiro atoms. The zero-order valence-corrected chi connectivity index (χ0v) is 20.1. The molecular formula is C28H29N3O4. The smallest absolute Gasteiger partial charge is 0.227 e. The Morgan fingerprint density at radius 2 is 1.66 bits per heavy atom. The highest BCUT2D eigenvalue weighted by Crippen LogP contribution is 2.39. The third-order valence-corrected chi connectivity index (χ3v) is 6.40. The summed E-state index contributed by atoms with van der Waals surface area (Å²) in [5.41, 5.74) is 2.66. The van der Waals surface area contributed by atoms with E-state index >= 15 is 0 Å². The van der Waals surface area contributed by atoms with Crippen LogP contribution in [-0.4, -0.2) is 61.9 Å². The van der Waals surface area contributed by atoms with Crippen molar-refractivity contribution in [3.05, 3.63) is 77.9 Å². The lowest BCUT2D eigenvalue weighted by Crippen LogP contribution is -2.38. The number of para-hydroxylation sites is 2. The Labute approximate surface area is 205 Å². The van der Waals surface area contributed by atoms with Gasteiger partial charge in [0.15, 0.2) is 5.75 Å². The normalized spacial score (nSPS) is 15.1. The molecule has 0 aliphatic carbocycles. The molecule has 3 aromatic carbocycles. The molecule has 0 atom stereocenters. The van der Waals surface area contributed by atoms with Crippen LogP contribution in [0.5, 0.6) is 23.0 Å². The van der Waals surface area contributed by atoms with Crippen molar-refractivity contribution in [2.24, 2.45) is 4.99 Å². The van der Waals surface area contributed by atoms with Crippen LogP contribution in [0.4, 0.5) is 5.69 Å². The van der Waals surface area contributed by atoms with Crippen LogP contribution in [0.3, 0.4) is 0 Å². The Kier molecular flexibility index (Phi) is 6.57. The zero-order chi connectivity index (χ0) is 24.2. The number of methoxy groups -OCH3 is 2. The molecule has 0 bridgehead atoms. The Balaban J connectivity index is 1.37. The van der Waals surface area contributed by atoms with Crippen LogP contribution in [0, 0.1) is 0 Å². The third-order valence-electron chi connectivity index (χ3n) is 6.40. The summed E-state index contributed by atoms with van der Waals surface area (Å²) < 4.78 is 16.9. The lowest BCUT2D eigenvalue weighted by atomic mass is 10.1. The number of hydrogen-bond donors (Lipinski definition) is 0. The van der Waals surface area contributed by atoms with Crippen LogP contribution >= 0.6 is 0 Å². The van der Waals surface area contributed by atoms with Crippen LogP contribution in [-0.2, 0) is 11.2 Å². The van der Waals surface area contributed by atoms with Gasteiger partial charge in [-0.1, -0.05) is 24.3 Å². The summed E-state index contributed by atoms with van der Waals surface area (Å²) >= 11 is 0. The molecule has 5 rings (SSSR count). The molecule has 0 radical (unpaired) electrons. The van der Waals surface area contributed by atoms with Gasteiger partial charge in [0.05, 0.1) is 26.2 Å². The molecule has 1 amide bonds. The molecule has 0 saturated carbocycles. The van der Waals surface area contributed by atoms with Gasteiger partial charge < -0.3 is 24.0 Å². The summed E-state index contributed by atoms with van der Waals surface area (Å²) in [5.74, 6) is 3.98. The number of carbonyl (C=O) groups excluding carboxylic acids is 1. The summed E-state index contributed by atoms with van der Waals surface area (Å²) in [7, 11) is 3.30. The minimum atomic E-state index is 0.135. The lowest BCUT2D eigenvalue weighted by molar-refractivity contribution is -0.130. The number of hydrogen-bond acceptors (Lipinski definition) is 6. The summed E-state index contributed by atoms with van der Waals surface area (Å²) in [6.07, 6.45) is 1.24. The molecule has 1 saturated heterocycles. The predicted molar refractivity (Wildman–Crippen MR) is 135 cm³/mol. The van der Waals surface area contributed by atoms with Crippen molar-refractivity contribution in [3.63, 3.8) is 0 Å². The van der Waals surface area contributed by atoms with Crippen LogP contribution < -0.4 is 14.2 Å². The second kappa shape index (κ2) is 10.1. The number of ether oxygens (including phenoxy) is 3. The largest absolute Gasteiger partial charge is 0.497 e. The van der Waals surface area contributed by atoms with Gasteiger partial charge in [0.25, 0.3) is 0 Å². The Hall–Kier alpha value is -4.00. The van der Waals surface area contributed by atoms with E-state index in [0.717, 1.165) is 65.2 Å². The molecule has 0 unspecified atom stereocenters. The Morgan fingerprint density at radius 1 is 0.886 bits per heavy atom. The number of nitrogens with zero attached hydrogens (tertiary/aromatic N) is 3. The van der Waals surface area contributed by atoms with E-state index < -0.39 is 0 Å². The summed E-state index contributed by atoms with van der Waals surface area (Å²) in [5, 5.41) is 0. The van der Waals surface area contributed by atoms with E-state index in [1.165, 1.54) is 0 Å². The lowest BCUT2D eigenvalue weighted by Gasteiger charge is -2.25. The van der Waals surface area contributed by atoms with Crippen LogP contribution in [0.1, 0.15) is 17.5 Å². The Bertz CT molecular complexity index is 1240. The monoisotopic (exact) mass is 471 g/mol. The van der Waals surface area contributed by atoms with Crippen molar-refractivity contribution in [1.82, 2.24) is 9.80 Å². The van der Waals surface area contributed by atoms with Gasteiger partial charge in [0.2, 0.25) is 5.91 Å².